The monoisotopic (exact) mass is 548 g/mol. The summed E-state index contributed by atoms with van der Waals surface area (Å²) in [6, 6.07) is 20.8. The van der Waals surface area contributed by atoms with Crippen molar-refractivity contribution in [1.82, 2.24) is 19.9 Å². The van der Waals surface area contributed by atoms with E-state index in [1.165, 1.54) is 23.3 Å². The van der Waals surface area contributed by atoms with Gasteiger partial charge in [0, 0.05) is 29.4 Å². The lowest BCUT2D eigenvalue weighted by Gasteiger charge is -2.22. The van der Waals surface area contributed by atoms with Crippen molar-refractivity contribution in [3.63, 3.8) is 0 Å². The van der Waals surface area contributed by atoms with E-state index in [0.29, 0.717) is 16.9 Å². The van der Waals surface area contributed by atoms with Crippen LogP contribution in [0.1, 0.15) is 56.1 Å². The number of para-hydroxylation sites is 1. The molecule has 5 aromatic rings. The number of anilines is 1. The summed E-state index contributed by atoms with van der Waals surface area (Å²) in [4.78, 5) is 15.0. The van der Waals surface area contributed by atoms with E-state index in [0.717, 1.165) is 66.7 Å². The third-order valence-electron chi connectivity index (χ3n) is 7.35. The number of hydrogen-bond acceptors (Lipinski definition) is 5. The number of hydrogen-bond donors (Lipinski definition) is 3. The van der Waals surface area contributed by atoms with Crippen LogP contribution in [0.3, 0.4) is 0 Å². The highest BCUT2D eigenvalue weighted by molar-refractivity contribution is 6.13. The van der Waals surface area contributed by atoms with Crippen LogP contribution in [0.25, 0.3) is 33.3 Å². The number of imidazole rings is 1. The number of nitrogens with zero attached hydrogens (tertiary/aromatic N) is 3. The second kappa shape index (κ2) is 12.4. The molecule has 0 fully saturated rings. The Hall–Kier alpha value is -4.36. The van der Waals surface area contributed by atoms with E-state index in [9.17, 15) is 4.39 Å². The molecule has 210 valence electrons. The number of halogens is 1. The second-order valence-corrected chi connectivity index (χ2v) is 10.5. The van der Waals surface area contributed by atoms with Crippen LogP contribution in [-0.2, 0) is 13.0 Å². The zero-order valence-electron chi connectivity index (χ0n) is 24.0. The van der Waals surface area contributed by atoms with E-state index in [4.69, 9.17) is 16.1 Å². The molecular weight excluding hydrogens is 511 g/mol. The standard InChI is InChI=1S/C34H37FN6/c1-4-13-41(14-5-2)21-23-15-22(6-3)16-25(17-23)26-19-29(33(37)38-20-26)31(36)34-39-30-12-8-11-28(32(30)40-34)24-9-7-10-27(35)18-24/h7-12,15-20,36H,4-6,13-14,21H2,1-3H3,(H2,37,38)(H,39,40). The molecule has 5 rings (SSSR count). The Labute approximate surface area is 241 Å². The van der Waals surface area contributed by atoms with Gasteiger partial charge in [0.15, 0.2) is 5.82 Å². The first-order valence-electron chi connectivity index (χ1n) is 14.3. The van der Waals surface area contributed by atoms with Crippen molar-refractivity contribution in [2.45, 2.75) is 46.6 Å². The van der Waals surface area contributed by atoms with Gasteiger partial charge in [0.1, 0.15) is 17.3 Å². The van der Waals surface area contributed by atoms with Crippen molar-refractivity contribution < 1.29 is 4.39 Å². The molecule has 2 heterocycles. The Kier molecular flexibility index (Phi) is 8.55. The number of nitrogen functional groups attached to an aromatic ring is 1. The third kappa shape index (κ3) is 6.20. The summed E-state index contributed by atoms with van der Waals surface area (Å²) >= 11 is 0. The number of benzene rings is 3. The van der Waals surface area contributed by atoms with Gasteiger partial charge in [0.2, 0.25) is 0 Å². The molecule has 0 spiro atoms. The predicted octanol–water partition coefficient (Wildman–Crippen LogP) is 7.61. The molecule has 0 atom stereocenters. The summed E-state index contributed by atoms with van der Waals surface area (Å²) < 4.78 is 13.9. The molecule has 0 radical (unpaired) electrons. The molecular formula is C34H37FN6. The van der Waals surface area contributed by atoms with Gasteiger partial charge >= 0.3 is 0 Å². The van der Waals surface area contributed by atoms with E-state index >= 15 is 0 Å². The zero-order valence-corrected chi connectivity index (χ0v) is 24.0. The normalized spacial score (nSPS) is 11.4. The Balaban J connectivity index is 1.51. The van der Waals surface area contributed by atoms with E-state index in [-0.39, 0.29) is 17.3 Å². The molecule has 3 aromatic carbocycles. The SMILES string of the molecule is CCCN(CCC)Cc1cc(CC)cc(-c2cnc(N)c(C(=N)c3nc4c(-c5cccc(F)c5)cccc4[nH]3)c2)c1. The van der Waals surface area contributed by atoms with Gasteiger partial charge in [-0.2, -0.15) is 0 Å². The van der Waals surface area contributed by atoms with Crippen LogP contribution in [0.2, 0.25) is 0 Å². The van der Waals surface area contributed by atoms with E-state index in [2.05, 4.69) is 53.8 Å². The lowest BCUT2D eigenvalue weighted by Crippen LogP contribution is -2.25. The van der Waals surface area contributed by atoms with Gasteiger partial charge in [-0.25, -0.2) is 14.4 Å². The number of fused-ring (bicyclic) bond motifs is 1. The van der Waals surface area contributed by atoms with E-state index in [1.807, 2.05) is 30.3 Å². The Morgan fingerprint density at radius 3 is 2.39 bits per heavy atom. The highest BCUT2D eigenvalue weighted by Gasteiger charge is 2.18. The lowest BCUT2D eigenvalue weighted by molar-refractivity contribution is 0.266. The molecule has 0 aliphatic heterocycles. The number of rotatable bonds is 11. The lowest BCUT2D eigenvalue weighted by atomic mass is 9.97. The topological polar surface area (TPSA) is 94.7 Å². The largest absolute Gasteiger partial charge is 0.383 e. The average molecular weight is 549 g/mol. The zero-order chi connectivity index (χ0) is 28.9. The summed E-state index contributed by atoms with van der Waals surface area (Å²) in [6.07, 6.45) is 4.96. The average Bonchev–Trinajstić information content (AvgIpc) is 3.42. The van der Waals surface area contributed by atoms with Crippen LogP contribution in [0.15, 0.2) is 72.9 Å². The van der Waals surface area contributed by atoms with E-state index < -0.39 is 0 Å². The van der Waals surface area contributed by atoms with Gasteiger partial charge in [0.05, 0.1) is 11.0 Å². The van der Waals surface area contributed by atoms with Crippen molar-refractivity contribution in [2.75, 3.05) is 18.8 Å². The molecule has 4 N–H and O–H groups in total. The molecule has 0 aliphatic carbocycles. The summed E-state index contributed by atoms with van der Waals surface area (Å²) in [6.45, 7) is 9.65. The Morgan fingerprint density at radius 1 is 0.902 bits per heavy atom. The fourth-order valence-electron chi connectivity index (χ4n) is 5.39. The van der Waals surface area contributed by atoms with Crippen LogP contribution < -0.4 is 5.73 Å². The minimum Gasteiger partial charge on any atom is -0.383 e. The maximum absolute atomic E-state index is 13.9. The third-order valence-corrected chi connectivity index (χ3v) is 7.35. The highest BCUT2D eigenvalue weighted by atomic mass is 19.1. The summed E-state index contributed by atoms with van der Waals surface area (Å²) in [5.74, 6) is 0.346. The minimum atomic E-state index is -0.308. The number of aromatic amines is 1. The molecule has 7 heteroatoms. The van der Waals surface area contributed by atoms with Crippen LogP contribution in [0.5, 0.6) is 0 Å². The van der Waals surface area contributed by atoms with Gasteiger partial charge in [-0.05, 0) is 84.9 Å². The molecule has 0 amide bonds. The number of nitrogens with two attached hydrogens (primary N) is 1. The number of pyridine rings is 1. The fraction of sp³-hybridized carbons (Fsp3) is 0.265. The molecule has 0 bridgehead atoms. The maximum Gasteiger partial charge on any atom is 0.157 e. The Bertz CT molecular complexity index is 1680. The maximum atomic E-state index is 13.9. The van der Waals surface area contributed by atoms with Crippen molar-refractivity contribution >= 4 is 22.6 Å². The summed E-state index contributed by atoms with van der Waals surface area (Å²) in [7, 11) is 0. The molecule has 41 heavy (non-hydrogen) atoms. The quantitative estimate of drug-likeness (QED) is 0.148. The van der Waals surface area contributed by atoms with Crippen LogP contribution in [0, 0.1) is 11.2 Å². The first-order chi connectivity index (χ1) is 19.9. The molecule has 0 saturated carbocycles. The van der Waals surface area contributed by atoms with Crippen LogP contribution >= 0.6 is 0 Å². The minimum absolute atomic E-state index is 0.155. The predicted molar refractivity (Wildman–Crippen MR) is 167 cm³/mol. The summed E-state index contributed by atoms with van der Waals surface area (Å²) in [5.41, 5.74) is 14.4. The molecule has 2 aromatic heterocycles. The number of aryl methyl sites for hydroxylation is 1. The first-order valence-corrected chi connectivity index (χ1v) is 14.3. The van der Waals surface area contributed by atoms with Gasteiger partial charge in [0.25, 0.3) is 0 Å². The van der Waals surface area contributed by atoms with Gasteiger partial charge in [-0.3, -0.25) is 10.3 Å². The first kappa shape index (κ1) is 28.2. The van der Waals surface area contributed by atoms with Crippen molar-refractivity contribution in [1.29, 1.82) is 5.41 Å². The molecule has 0 saturated heterocycles. The van der Waals surface area contributed by atoms with E-state index in [1.54, 1.807) is 12.3 Å². The van der Waals surface area contributed by atoms with Crippen LogP contribution in [0.4, 0.5) is 10.2 Å². The summed E-state index contributed by atoms with van der Waals surface area (Å²) in [5, 5.41) is 9.04. The highest BCUT2D eigenvalue weighted by Crippen LogP contribution is 2.30. The molecule has 0 aliphatic rings. The van der Waals surface area contributed by atoms with Crippen molar-refractivity contribution in [2.24, 2.45) is 0 Å². The molecule has 6 nitrogen and oxygen atoms in total. The smallest absolute Gasteiger partial charge is 0.157 e. The fourth-order valence-corrected chi connectivity index (χ4v) is 5.39. The van der Waals surface area contributed by atoms with Gasteiger partial charge in [-0.1, -0.05) is 57.2 Å². The number of H-pyrrole nitrogens is 1. The van der Waals surface area contributed by atoms with Crippen molar-refractivity contribution in [3.8, 4) is 22.3 Å². The van der Waals surface area contributed by atoms with Gasteiger partial charge < -0.3 is 10.7 Å². The Morgan fingerprint density at radius 2 is 1.66 bits per heavy atom. The second-order valence-electron chi connectivity index (χ2n) is 10.5. The molecule has 0 unspecified atom stereocenters. The number of nitrogens with one attached hydrogen (secondary N) is 2. The number of aromatic nitrogens is 3. The van der Waals surface area contributed by atoms with Gasteiger partial charge in [-0.15, -0.1) is 0 Å². The van der Waals surface area contributed by atoms with Crippen LogP contribution in [-0.4, -0.2) is 38.7 Å². The van der Waals surface area contributed by atoms with Crippen molar-refractivity contribution in [3.05, 3.63) is 101 Å².